The Bertz CT molecular complexity index is 620. The lowest BCUT2D eigenvalue weighted by Gasteiger charge is -2.31. The fourth-order valence-electron chi connectivity index (χ4n) is 3.34. The van der Waals surface area contributed by atoms with Crippen molar-refractivity contribution in [2.45, 2.75) is 39.0 Å². The summed E-state index contributed by atoms with van der Waals surface area (Å²) in [6.45, 7) is 7.46. The van der Waals surface area contributed by atoms with Gasteiger partial charge in [-0.2, -0.15) is 5.10 Å². The van der Waals surface area contributed by atoms with Crippen molar-refractivity contribution in [3.63, 3.8) is 0 Å². The van der Waals surface area contributed by atoms with E-state index >= 15 is 0 Å². The van der Waals surface area contributed by atoms with E-state index in [1.54, 1.807) is 0 Å². The molecule has 0 amide bonds. The molecule has 1 aliphatic rings. The van der Waals surface area contributed by atoms with Crippen LogP contribution in [0.4, 0.5) is 0 Å². The average molecular weight is 342 g/mol. The van der Waals surface area contributed by atoms with Gasteiger partial charge in [-0.15, -0.1) is 0 Å². The summed E-state index contributed by atoms with van der Waals surface area (Å²) in [5.74, 6) is 0.832. The summed E-state index contributed by atoms with van der Waals surface area (Å²) < 4.78 is 1.96. The number of piperidine rings is 1. The third kappa shape index (κ3) is 5.96. The average Bonchev–Trinajstić information content (AvgIpc) is 3.05. The lowest BCUT2D eigenvalue weighted by atomic mass is 9.99. The molecule has 1 saturated heterocycles. The molecule has 2 N–H and O–H groups in total. The molecule has 0 bridgehead atoms. The number of aliphatic hydroxyl groups excluding tert-OH is 1. The Balaban J connectivity index is 1.36. The van der Waals surface area contributed by atoms with Crippen LogP contribution in [-0.4, -0.2) is 52.1 Å². The molecule has 0 spiro atoms. The fourth-order valence-corrected chi connectivity index (χ4v) is 3.34. The number of aromatic nitrogens is 2. The number of rotatable bonds is 8. The number of benzene rings is 1. The minimum atomic E-state index is -0.312. The van der Waals surface area contributed by atoms with E-state index in [9.17, 15) is 5.11 Å². The summed E-state index contributed by atoms with van der Waals surface area (Å²) in [5, 5.41) is 18.0. The Labute approximate surface area is 150 Å². The lowest BCUT2D eigenvalue weighted by molar-refractivity contribution is 0.0907. The molecule has 1 atom stereocenters. The number of nitrogens with zero attached hydrogens (tertiary/aromatic N) is 3. The van der Waals surface area contributed by atoms with Crippen LogP contribution in [0, 0.1) is 5.92 Å². The standard InChI is InChI=1S/C20H30N4O/c1-17-7-9-23(10-8-17)16-20(25)13-21-11-19-12-22-24(15-19)14-18-5-3-2-4-6-18/h2-6,12,15,17,20-21,25H,7-11,13-14,16H2,1H3. The van der Waals surface area contributed by atoms with Crippen LogP contribution in [0.15, 0.2) is 42.7 Å². The smallest absolute Gasteiger partial charge is 0.0791 e. The normalized spacial score (nSPS) is 17.7. The molecule has 2 aromatic rings. The first-order valence-corrected chi connectivity index (χ1v) is 9.35. The van der Waals surface area contributed by atoms with E-state index in [1.807, 2.05) is 29.1 Å². The maximum absolute atomic E-state index is 10.2. The second kappa shape index (κ2) is 9.13. The Kier molecular flexibility index (Phi) is 6.62. The molecule has 2 heterocycles. The van der Waals surface area contributed by atoms with Gasteiger partial charge in [0.25, 0.3) is 0 Å². The Morgan fingerprint density at radius 1 is 1.20 bits per heavy atom. The van der Waals surface area contributed by atoms with Gasteiger partial charge < -0.3 is 15.3 Å². The largest absolute Gasteiger partial charge is 0.390 e. The highest BCUT2D eigenvalue weighted by atomic mass is 16.3. The van der Waals surface area contributed by atoms with E-state index in [2.05, 4.69) is 40.6 Å². The highest BCUT2D eigenvalue weighted by molar-refractivity contribution is 5.15. The molecule has 0 aliphatic carbocycles. The van der Waals surface area contributed by atoms with E-state index in [0.717, 1.165) is 44.2 Å². The number of hydrogen-bond acceptors (Lipinski definition) is 4. The minimum absolute atomic E-state index is 0.312. The van der Waals surface area contributed by atoms with E-state index in [4.69, 9.17) is 0 Å². The molecule has 5 nitrogen and oxygen atoms in total. The molecule has 1 unspecified atom stereocenters. The summed E-state index contributed by atoms with van der Waals surface area (Å²) in [6.07, 6.45) is 6.15. The first-order chi connectivity index (χ1) is 12.2. The third-order valence-corrected chi connectivity index (χ3v) is 4.93. The molecule has 0 radical (unpaired) electrons. The maximum atomic E-state index is 10.2. The monoisotopic (exact) mass is 342 g/mol. The van der Waals surface area contributed by atoms with Crippen LogP contribution in [-0.2, 0) is 13.1 Å². The molecule has 1 aliphatic heterocycles. The molecular formula is C20H30N4O. The zero-order valence-corrected chi connectivity index (χ0v) is 15.1. The number of nitrogens with one attached hydrogen (secondary N) is 1. The van der Waals surface area contributed by atoms with E-state index in [-0.39, 0.29) is 6.10 Å². The van der Waals surface area contributed by atoms with Crippen LogP contribution in [0.1, 0.15) is 30.9 Å². The Morgan fingerprint density at radius 3 is 2.72 bits per heavy atom. The summed E-state index contributed by atoms with van der Waals surface area (Å²) in [6, 6.07) is 10.3. The van der Waals surface area contributed by atoms with Gasteiger partial charge in [-0.05, 0) is 37.4 Å². The predicted octanol–water partition coefficient (Wildman–Crippen LogP) is 2.11. The SMILES string of the molecule is CC1CCN(CC(O)CNCc2cnn(Cc3ccccc3)c2)CC1. The number of β-amino-alcohol motifs (C(OH)–C–C–N with tert-alkyl or cyclic N) is 1. The summed E-state index contributed by atoms with van der Waals surface area (Å²) >= 11 is 0. The number of likely N-dealkylation sites (tertiary alicyclic amines) is 1. The molecule has 25 heavy (non-hydrogen) atoms. The Morgan fingerprint density at radius 2 is 1.96 bits per heavy atom. The Hall–Kier alpha value is -1.69. The van der Waals surface area contributed by atoms with Gasteiger partial charge in [-0.25, -0.2) is 0 Å². The van der Waals surface area contributed by atoms with E-state index in [1.165, 1.54) is 18.4 Å². The molecule has 136 valence electrons. The first-order valence-electron chi connectivity index (χ1n) is 9.35. The summed E-state index contributed by atoms with van der Waals surface area (Å²) in [4.78, 5) is 2.38. The lowest BCUT2D eigenvalue weighted by Crippen LogP contribution is -2.41. The van der Waals surface area contributed by atoms with Crippen molar-refractivity contribution < 1.29 is 5.11 Å². The second-order valence-corrected chi connectivity index (χ2v) is 7.30. The maximum Gasteiger partial charge on any atom is 0.0791 e. The van der Waals surface area contributed by atoms with Gasteiger partial charge >= 0.3 is 0 Å². The van der Waals surface area contributed by atoms with Crippen molar-refractivity contribution in [3.05, 3.63) is 53.9 Å². The number of hydrogen-bond donors (Lipinski definition) is 2. The summed E-state index contributed by atoms with van der Waals surface area (Å²) in [7, 11) is 0. The van der Waals surface area contributed by atoms with Gasteiger partial charge in [0.2, 0.25) is 0 Å². The van der Waals surface area contributed by atoms with Gasteiger partial charge in [-0.1, -0.05) is 37.3 Å². The van der Waals surface area contributed by atoms with E-state index < -0.39 is 0 Å². The zero-order valence-electron chi connectivity index (χ0n) is 15.1. The van der Waals surface area contributed by atoms with Crippen LogP contribution >= 0.6 is 0 Å². The topological polar surface area (TPSA) is 53.3 Å². The molecule has 5 heteroatoms. The summed E-state index contributed by atoms with van der Waals surface area (Å²) in [5.41, 5.74) is 2.39. The highest BCUT2D eigenvalue weighted by Crippen LogP contribution is 2.15. The van der Waals surface area contributed by atoms with Gasteiger partial charge in [0, 0.05) is 31.4 Å². The molecule has 1 aromatic heterocycles. The quantitative estimate of drug-likeness (QED) is 0.771. The van der Waals surface area contributed by atoms with Gasteiger partial charge in [0.15, 0.2) is 0 Å². The molecule has 0 saturated carbocycles. The molecule has 1 fully saturated rings. The van der Waals surface area contributed by atoms with Crippen molar-refractivity contribution in [1.29, 1.82) is 0 Å². The first kappa shape index (κ1) is 18.1. The highest BCUT2D eigenvalue weighted by Gasteiger charge is 2.18. The second-order valence-electron chi connectivity index (χ2n) is 7.30. The van der Waals surface area contributed by atoms with Crippen molar-refractivity contribution in [2.24, 2.45) is 5.92 Å². The zero-order chi connectivity index (χ0) is 17.5. The molecular weight excluding hydrogens is 312 g/mol. The predicted molar refractivity (Wildman–Crippen MR) is 100 cm³/mol. The van der Waals surface area contributed by atoms with Gasteiger partial charge in [-0.3, -0.25) is 4.68 Å². The van der Waals surface area contributed by atoms with Crippen LogP contribution < -0.4 is 5.32 Å². The molecule has 1 aromatic carbocycles. The minimum Gasteiger partial charge on any atom is -0.390 e. The van der Waals surface area contributed by atoms with Crippen molar-refractivity contribution in [2.75, 3.05) is 26.2 Å². The number of aliphatic hydroxyl groups is 1. The van der Waals surface area contributed by atoms with Crippen molar-refractivity contribution >= 4 is 0 Å². The van der Waals surface area contributed by atoms with Gasteiger partial charge in [0.1, 0.15) is 0 Å². The molecule has 3 rings (SSSR count). The van der Waals surface area contributed by atoms with Crippen LogP contribution in [0.5, 0.6) is 0 Å². The van der Waals surface area contributed by atoms with Gasteiger partial charge in [0.05, 0.1) is 18.8 Å². The fraction of sp³-hybridized carbons (Fsp3) is 0.550. The van der Waals surface area contributed by atoms with Crippen molar-refractivity contribution in [1.82, 2.24) is 20.0 Å². The van der Waals surface area contributed by atoms with E-state index in [0.29, 0.717) is 6.54 Å². The van der Waals surface area contributed by atoms with Crippen LogP contribution in [0.3, 0.4) is 0 Å². The third-order valence-electron chi connectivity index (χ3n) is 4.93. The van der Waals surface area contributed by atoms with Crippen molar-refractivity contribution in [3.8, 4) is 0 Å². The van der Waals surface area contributed by atoms with Crippen LogP contribution in [0.2, 0.25) is 0 Å². The van der Waals surface area contributed by atoms with Crippen LogP contribution in [0.25, 0.3) is 0 Å².